The van der Waals surface area contributed by atoms with Gasteiger partial charge in [0.25, 0.3) is 0 Å². The predicted octanol–water partition coefficient (Wildman–Crippen LogP) is 3.86. The molecule has 0 aliphatic carbocycles. The van der Waals surface area contributed by atoms with E-state index in [0.717, 1.165) is 12.3 Å². The average molecular weight is 197 g/mol. The molecule has 0 radical (unpaired) electrons. The molecular formula is C11H19NS. The van der Waals surface area contributed by atoms with Crippen molar-refractivity contribution >= 4 is 11.3 Å². The maximum Gasteiger partial charge on any atom is 0.0953 e. The first kappa shape index (κ1) is 10.7. The molecule has 0 aliphatic heterocycles. The topological polar surface area (TPSA) is 12.9 Å². The van der Waals surface area contributed by atoms with Crippen LogP contribution in [-0.4, -0.2) is 4.98 Å². The van der Waals surface area contributed by atoms with E-state index in [2.05, 4.69) is 38.1 Å². The van der Waals surface area contributed by atoms with Gasteiger partial charge in [0.05, 0.1) is 10.7 Å². The zero-order chi connectivity index (χ0) is 9.84. The zero-order valence-corrected chi connectivity index (χ0v) is 9.82. The second-order valence-electron chi connectivity index (χ2n) is 4.26. The molecule has 1 aromatic rings. The monoisotopic (exact) mass is 197 g/mol. The minimum Gasteiger partial charge on any atom is -0.246 e. The van der Waals surface area contributed by atoms with Gasteiger partial charge in [-0.05, 0) is 18.8 Å². The van der Waals surface area contributed by atoms with Crippen LogP contribution in [0.1, 0.15) is 50.7 Å². The summed E-state index contributed by atoms with van der Waals surface area (Å²) >= 11 is 1.80. The van der Waals surface area contributed by atoms with Crippen LogP contribution in [0.25, 0.3) is 0 Å². The highest BCUT2D eigenvalue weighted by Gasteiger charge is 2.05. The van der Waals surface area contributed by atoms with Gasteiger partial charge in [-0.15, -0.1) is 11.3 Å². The molecule has 0 aliphatic rings. The van der Waals surface area contributed by atoms with Crippen LogP contribution in [0.3, 0.4) is 0 Å². The van der Waals surface area contributed by atoms with Crippen molar-refractivity contribution in [3.8, 4) is 0 Å². The lowest BCUT2D eigenvalue weighted by molar-refractivity contribution is 0.581. The minimum absolute atomic E-state index is 0.581. The first-order chi connectivity index (χ1) is 6.09. The Bertz CT molecular complexity index is 250. The lowest BCUT2D eigenvalue weighted by Crippen LogP contribution is -1.93. The molecule has 0 saturated carbocycles. The quantitative estimate of drug-likeness (QED) is 0.714. The Morgan fingerprint density at radius 2 is 2.00 bits per heavy atom. The minimum atomic E-state index is 0.581. The summed E-state index contributed by atoms with van der Waals surface area (Å²) in [5.41, 5.74) is 1.28. The molecule has 0 fully saturated rings. The molecule has 1 rings (SSSR count). The fourth-order valence-electron chi connectivity index (χ4n) is 1.14. The van der Waals surface area contributed by atoms with Crippen LogP contribution >= 0.6 is 11.3 Å². The molecule has 0 N–H and O–H groups in total. The van der Waals surface area contributed by atoms with E-state index in [0.29, 0.717) is 5.92 Å². The van der Waals surface area contributed by atoms with Crippen LogP contribution in [0.5, 0.6) is 0 Å². The highest BCUT2D eigenvalue weighted by Crippen LogP contribution is 2.20. The molecule has 74 valence electrons. The fourth-order valence-corrected chi connectivity index (χ4v) is 2.01. The van der Waals surface area contributed by atoms with E-state index in [4.69, 9.17) is 0 Å². The maximum atomic E-state index is 4.60. The second-order valence-corrected chi connectivity index (χ2v) is 5.15. The highest BCUT2D eigenvalue weighted by molar-refractivity contribution is 7.09. The van der Waals surface area contributed by atoms with Crippen molar-refractivity contribution < 1.29 is 0 Å². The van der Waals surface area contributed by atoms with Gasteiger partial charge in [-0.2, -0.15) is 0 Å². The number of rotatable bonds is 4. The molecule has 0 bridgehead atoms. The largest absolute Gasteiger partial charge is 0.246 e. The molecule has 0 aromatic carbocycles. The Morgan fingerprint density at radius 1 is 1.31 bits per heavy atom. The summed E-state index contributed by atoms with van der Waals surface area (Å²) < 4.78 is 0. The summed E-state index contributed by atoms with van der Waals surface area (Å²) in [5, 5.41) is 3.48. The van der Waals surface area contributed by atoms with Gasteiger partial charge in [0.2, 0.25) is 0 Å². The van der Waals surface area contributed by atoms with E-state index in [1.54, 1.807) is 11.3 Å². The van der Waals surface area contributed by atoms with Gasteiger partial charge >= 0.3 is 0 Å². The molecule has 0 saturated heterocycles. The van der Waals surface area contributed by atoms with E-state index in [1.807, 2.05) is 0 Å². The predicted molar refractivity (Wildman–Crippen MR) is 59.4 cm³/mol. The average Bonchev–Trinajstić information content (AvgIpc) is 2.48. The van der Waals surface area contributed by atoms with Crippen LogP contribution in [0.2, 0.25) is 0 Å². The van der Waals surface area contributed by atoms with Gasteiger partial charge in [-0.1, -0.05) is 27.7 Å². The Balaban J connectivity index is 2.49. The normalized spacial score (nSPS) is 11.5. The van der Waals surface area contributed by atoms with Gasteiger partial charge in [0.1, 0.15) is 0 Å². The summed E-state index contributed by atoms with van der Waals surface area (Å²) in [4.78, 5) is 4.60. The summed E-state index contributed by atoms with van der Waals surface area (Å²) in [7, 11) is 0. The van der Waals surface area contributed by atoms with Crippen molar-refractivity contribution in [2.45, 2.75) is 46.5 Å². The van der Waals surface area contributed by atoms with Crippen molar-refractivity contribution in [3.05, 3.63) is 16.1 Å². The molecule has 2 heteroatoms. The molecule has 1 nitrogen and oxygen atoms in total. The molecule has 0 atom stereocenters. The van der Waals surface area contributed by atoms with Crippen molar-refractivity contribution in [3.63, 3.8) is 0 Å². The van der Waals surface area contributed by atoms with Crippen LogP contribution in [-0.2, 0) is 6.42 Å². The molecular weight excluding hydrogens is 178 g/mol. The van der Waals surface area contributed by atoms with E-state index in [-0.39, 0.29) is 0 Å². The second kappa shape index (κ2) is 4.75. The molecule has 0 spiro atoms. The van der Waals surface area contributed by atoms with Crippen LogP contribution < -0.4 is 0 Å². The Labute approximate surface area is 85.2 Å². The Morgan fingerprint density at radius 3 is 2.46 bits per heavy atom. The summed E-state index contributed by atoms with van der Waals surface area (Å²) in [6.45, 7) is 8.92. The first-order valence-corrected chi connectivity index (χ1v) is 5.92. The third-order valence-corrected chi connectivity index (χ3v) is 3.24. The lowest BCUT2D eigenvalue weighted by Gasteiger charge is -2.01. The van der Waals surface area contributed by atoms with E-state index in [1.165, 1.54) is 17.1 Å². The summed E-state index contributed by atoms with van der Waals surface area (Å²) in [6, 6.07) is 0. The van der Waals surface area contributed by atoms with Crippen molar-refractivity contribution in [2.75, 3.05) is 0 Å². The third kappa shape index (κ3) is 3.47. The van der Waals surface area contributed by atoms with Crippen molar-refractivity contribution in [1.82, 2.24) is 4.98 Å². The summed E-state index contributed by atoms with van der Waals surface area (Å²) in [6.07, 6.45) is 2.39. The number of hydrogen-bond donors (Lipinski definition) is 0. The van der Waals surface area contributed by atoms with Gasteiger partial charge in [-0.3, -0.25) is 0 Å². The number of thiazole rings is 1. The maximum absolute atomic E-state index is 4.60. The molecule has 1 heterocycles. The van der Waals surface area contributed by atoms with Crippen LogP contribution in [0.4, 0.5) is 0 Å². The van der Waals surface area contributed by atoms with Gasteiger partial charge in [0, 0.05) is 11.3 Å². The fraction of sp³-hybridized carbons (Fsp3) is 0.727. The van der Waals surface area contributed by atoms with E-state index < -0.39 is 0 Å². The molecule has 0 unspecified atom stereocenters. The standard InChI is InChI=1S/C11H19NS/c1-8(2)5-6-10-7-13-11(12-10)9(3)4/h7-9H,5-6H2,1-4H3. The van der Waals surface area contributed by atoms with Crippen LogP contribution in [0.15, 0.2) is 5.38 Å². The van der Waals surface area contributed by atoms with Gasteiger partial charge in [0.15, 0.2) is 0 Å². The highest BCUT2D eigenvalue weighted by atomic mass is 32.1. The Hall–Kier alpha value is -0.370. The summed E-state index contributed by atoms with van der Waals surface area (Å²) in [5.74, 6) is 1.36. The lowest BCUT2D eigenvalue weighted by atomic mass is 10.1. The van der Waals surface area contributed by atoms with E-state index >= 15 is 0 Å². The van der Waals surface area contributed by atoms with Crippen molar-refractivity contribution in [2.24, 2.45) is 5.92 Å². The van der Waals surface area contributed by atoms with Crippen molar-refractivity contribution in [1.29, 1.82) is 0 Å². The smallest absolute Gasteiger partial charge is 0.0953 e. The molecule has 1 aromatic heterocycles. The number of aryl methyl sites for hydroxylation is 1. The SMILES string of the molecule is CC(C)CCc1csc(C(C)C)n1. The van der Waals surface area contributed by atoms with Gasteiger partial charge in [-0.25, -0.2) is 4.98 Å². The van der Waals surface area contributed by atoms with Gasteiger partial charge < -0.3 is 0 Å². The Kier molecular flexibility index (Phi) is 3.91. The van der Waals surface area contributed by atoms with Crippen LogP contribution in [0, 0.1) is 5.92 Å². The van der Waals surface area contributed by atoms with E-state index in [9.17, 15) is 0 Å². The molecule has 13 heavy (non-hydrogen) atoms. The number of aromatic nitrogens is 1. The zero-order valence-electron chi connectivity index (χ0n) is 9.00. The number of nitrogens with zero attached hydrogens (tertiary/aromatic N) is 1. The first-order valence-electron chi connectivity index (χ1n) is 5.04. The number of hydrogen-bond acceptors (Lipinski definition) is 2. The third-order valence-electron chi connectivity index (χ3n) is 2.04. The molecule has 0 amide bonds.